The Kier molecular flexibility index (Phi) is 4.19. The number of ether oxygens (including phenoxy) is 1. The number of aryl methyl sites for hydroxylation is 1. The number of imidazole rings is 1. The summed E-state index contributed by atoms with van der Waals surface area (Å²) in [6.07, 6.45) is 7.06. The van der Waals surface area contributed by atoms with Crippen molar-refractivity contribution in [3.8, 4) is 39.8 Å². The van der Waals surface area contributed by atoms with E-state index in [2.05, 4.69) is 30.2 Å². The SMILES string of the molecule is COc1cc(F)cc(-c2nccc3[nH]c(-c4n[nH]c5cnc(-c6cnn(C)c6)cc45)nc23)c1. The van der Waals surface area contributed by atoms with E-state index in [0.717, 1.165) is 27.7 Å². The molecule has 10 heteroatoms. The van der Waals surface area contributed by atoms with Crippen molar-refractivity contribution in [2.24, 2.45) is 7.05 Å². The summed E-state index contributed by atoms with van der Waals surface area (Å²) in [5.74, 6) is 0.568. The number of benzene rings is 1. The van der Waals surface area contributed by atoms with Gasteiger partial charge >= 0.3 is 0 Å². The molecular formula is C23H17FN8O. The molecule has 0 spiro atoms. The predicted molar refractivity (Wildman–Crippen MR) is 121 cm³/mol. The molecule has 0 bridgehead atoms. The summed E-state index contributed by atoms with van der Waals surface area (Å²) in [6.45, 7) is 0. The summed E-state index contributed by atoms with van der Waals surface area (Å²) in [5.41, 5.74) is 5.61. The Bertz CT molecular complexity index is 1650. The molecule has 0 atom stereocenters. The van der Waals surface area contributed by atoms with Crippen molar-refractivity contribution in [1.82, 2.24) is 39.9 Å². The minimum Gasteiger partial charge on any atom is -0.497 e. The number of hydrogen-bond donors (Lipinski definition) is 2. The molecule has 0 radical (unpaired) electrons. The Labute approximate surface area is 186 Å². The molecule has 9 nitrogen and oxygen atoms in total. The second kappa shape index (κ2) is 7.23. The molecule has 0 amide bonds. The molecule has 0 aliphatic carbocycles. The second-order valence-corrected chi connectivity index (χ2v) is 7.61. The van der Waals surface area contributed by atoms with Gasteiger partial charge in [0.15, 0.2) is 5.82 Å². The molecule has 0 unspecified atom stereocenters. The van der Waals surface area contributed by atoms with Crippen LogP contribution in [-0.2, 0) is 7.05 Å². The number of nitrogens with one attached hydrogen (secondary N) is 2. The van der Waals surface area contributed by atoms with Crippen LogP contribution in [0.4, 0.5) is 4.39 Å². The summed E-state index contributed by atoms with van der Waals surface area (Å²) in [5, 5.41) is 12.6. The van der Waals surface area contributed by atoms with E-state index < -0.39 is 5.82 Å². The standard InChI is InChI=1S/C23H17FN8O/c1-32-11-13(9-27-32)18-8-16-19(10-26-18)30-31-21(16)23-28-17-3-4-25-20(22(17)29-23)12-5-14(24)7-15(6-12)33-2/h3-11H,1-2H3,(H,28,29)(H,30,31). The minimum atomic E-state index is -0.410. The van der Waals surface area contributed by atoms with Crippen LogP contribution in [0.1, 0.15) is 0 Å². The Hall–Kier alpha value is -4.60. The summed E-state index contributed by atoms with van der Waals surface area (Å²) in [7, 11) is 3.36. The number of pyridine rings is 2. The zero-order valence-electron chi connectivity index (χ0n) is 17.7. The second-order valence-electron chi connectivity index (χ2n) is 7.61. The highest BCUT2D eigenvalue weighted by Gasteiger charge is 2.17. The number of H-pyrrole nitrogens is 2. The number of halogens is 1. The van der Waals surface area contributed by atoms with Crippen LogP contribution in [0.15, 0.2) is 55.1 Å². The van der Waals surface area contributed by atoms with Crippen LogP contribution in [0.5, 0.6) is 5.75 Å². The summed E-state index contributed by atoms with van der Waals surface area (Å²) >= 11 is 0. The molecular weight excluding hydrogens is 423 g/mol. The Morgan fingerprint density at radius 1 is 1.00 bits per heavy atom. The van der Waals surface area contributed by atoms with Gasteiger partial charge in [-0.15, -0.1) is 0 Å². The third-order valence-corrected chi connectivity index (χ3v) is 5.45. The first-order valence-corrected chi connectivity index (χ1v) is 10.1. The van der Waals surface area contributed by atoms with E-state index in [4.69, 9.17) is 9.72 Å². The number of rotatable bonds is 4. The number of fused-ring (bicyclic) bond motifs is 2. The van der Waals surface area contributed by atoms with E-state index >= 15 is 0 Å². The maximum atomic E-state index is 14.1. The topological polar surface area (TPSA) is 110 Å². The molecule has 6 aromatic rings. The Morgan fingerprint density at radius 3 is 2.73 bits per heavy atom. The lowest BCUT2D eigenvalue weighted by Crippen LogP contribution is -1.90. The predicted octanol–water partition coefficient (Wildman–Crippen LogP) is 4.11. The fourth-order valence-electron chi connectivity index (χ4n) is 3.88. The molecule has 1 aromatic carbocycles. The molecule has 0 saturated heterocycles. The van der Waals surface area contributed by atoms with Crippen LogP contribution in [0.2, 0.25) is 0 Å². The first-order chi connectivity index (χ1) is 16.1. The fraction of sp³-hybridized carbons (Fsp3) is 0.0870. The largest absolute Gasteiger partial charge is 0.497 e. The molecule has 0 saturated carbocycles. The van der Waals surface area contributed by atoms with E-state index in [1.165, 1.54) is 19.2 Å². The van der Waals surface area contributed by atoms with Gasteiger partial charge in [0.2, 0.25) is 0 Å². The number of hydrogen-bond acceptors (Lipinski definition) is 6. The van der Waals surface area contributed by atoms with Crippen molar-refractivity contribution in [3.63, 3.8) is 0 Å². The number of aromatic amines is 2. The highest BCUT2D eigenvalue weighted by atomic mass is 19.1. The first kappa shape index (κ1) is 19.1. The molecule has 0 fully saturated rings. The quantitative estimate of drug-likeness (QED) is 0.427. The lowest BCUT2D eigenvalue weighted by molar-refractivity contribution is 0.411. The number of aromatic nitrogens is 8. The highest BCUT2D eigenvalue weighted by molar-refractivity contribution is 5.96. The summed E-state index contributed by atoms with van der Waals surface area (Å²) < 4.78 is 21.1. The van der Waals surface area contributed by atoms with Gasteiger partial charge in [-0.25, -0.2) is 9.37 Å². The van der Waals surface area contributed by atoms with E-state index in [1.807, 2.05) is 25.4 Å². The van der Waals surface area contributed by atoms with Gasteiger partial charge in [0, 0.05) is 42.0 Å². The smallest absolute Gasteiger partial charge is 0.159 e. The average molecular weight is 440 g/mol. The highest BCUT2D eigenvalue weighted by Crippen LogP contribution is 2.32. The van der Waals surface area contributed by atoms with Crippen LogP contribution < -0.4 is 4.74 Å². The van der Waals surface area contributed by atoms with E-state index in [-0.39, 0.29) is 0 Å². The molecule has 0 aliphatic heterocycles. The van der Waals surface area contributed by atoms with Crippen molar-refractivity contribution in [3.05, 3.63) is 60.9 Å². The van der Waals surface area contributed by atoms with Gasteiger partial charge in [0.25, 0.3) is 0 Å². The number of nitrogens with zero attached hydrogens (tertiary/aromatic N) is 6. The van der Waals surface area contributed by atoms with E-state index in [9.17, 15) is 4.39 Å². The van der Waals surface area contributed by atoms with Gasteiger partial charge in [-0.3, -0.25) is 19.7 Å². The van der Waals surface area contributed by atoms with Gasteiger partial charge in [-0.2, -0.15) is 10.2 Å². The van der Waals surface area contributed by atoms with Crippen LogP contribution in [0, 0.1) is 5.82 Å². The zero-order valence-corrected chi connectivity index (χ0v) is 17.7. The van der Waals surface area contributed by atoms with Gasteiger partial charge in [-0.05, 0) is 24.3 Å². The lowest BCUT2D eigenvalue weighted by atomic mass is 10.1. The third kappa shape index (κ3) is 3.19. The summed E-state index contributed by atoms with van der Waals surface area (Å²) in [6, 6.07) is 8.24. The minimum absolute atomic E-state index is 0.410. The molecule has 2 N–H and O–H groups in total. The Morgan fingerprint density at radius 2 is 1.91 bits per heavy atom. The molecule has 5 aromatic heterocycles. The van der Waals surface area contributed by atoms with Crippen molar-refractivity contribution in [2.45, 2.75) is 0 Å². The lowest BCUT2D eigenvalue weighted by Gasteiger charge is -2.05. The van der Waals surface area contributed by atoms with Gasteiger partial charge in [0.1, 0.15) is 22.8 Å². The normalized spacial score (nSPS) is 11.5. The van der Waals surface area contributed by atoms with Crippen LogP contribution in [0.3, 0.4) is 0 Å². The van der Waals surface area contributed by atoms with Gasteiger partial charge in [-0.1, -0.05) is 0 Å². The molecule has 162 valence electrons. The third-order valence-electron chi connectivity index (χ3n) is 5.45. The maximum Gasteiger partial charge on any atom is 0.159 e. The molecule has 5 heterocycles. The monoisotopic (exact) mass is 440 g/mol. The van der Waals surface area contributed by atoms with Gasteiger partial charge in [0.05, 0.1) is 41.9 Å². The zero-order chi connectivity index (χ0) is 22.5. The number of methoxy groups -OCH3 is 1. The molecule has 6 rings (SSSR count). The maximum absolute atomic E-state index is 14.1. The van der Waals surface area contributed by atoms with Crippen LogP contribution in [-0.4, -0.2) is 47.0 Å². The Balaban J connectivity index is 1.50. The van der Waals surface area contributed by atoms with Crippen LogP contribution >= 0.6 is 0 Å². The van der Waals surface area contributed by atoms with E-state index in [0.29, 0.717) is 34.0 Å². The molecule has 0 aliphatic rings. The fourth-order valence-corrected chi connectivity index (χ4v) is 3.88. The molecule has 33 heavy (non-hydrogen) atoms. The average Bonchev–Trinajstić information content (AvgIpc) is 3.55. The van der Waals surface area contributed by atoms with E-state index in [1.54, 1.807) is 29.3 Å². The van der Waals surface area contributed by atoms with Crippen molar-refractivity contribution < 1.29 is 9.13 Å². The summed E-state index contributed by atoms with van der Waals surface area (Å²) in [4.78, 5) is 17.0. The van der Waals surface area contributed by atoms with Gasteiger partial charge < -0.3 is 9.72 Å². The van der Waals surface area contributed by atoms with Crippen LogP contribution in [0.25, 0.3) is 56.0 Å². The first-order valence-electron chi connectivity index (χ1n) is 10.1. The van der Waals surface area contributed by atoms with Crippen molar-refractivity contribution in [2.75, 3.05) is 7.11 Å². The van der Waals surface area contributed by atoms with Crippen molar-refractivity contribution in [1.29, 1.82) is 0 Å². The van der Waals surface area contributed by atoms with Crippen molar-refractivity contribution >= 4 is 21.9 Å².